The number of hydrogen-bond acceptors (Lipinski definition) is 4. The van der Waals surface area contributed by atoms with Gasteiger partial charge >= 0.3 is 0 Å². The zero-order valence-corrected chi connectivity index (χ0v) is 20.4. The fraction of sp³-hybridized carbons (Fsp3) is 0.680. The van der Waals surface area contributed by atoms with Gasteiger partial charge in [0.05, 0.1) is 12.1 Å². The standard InChI is InChI=1S/C25H41N3O2S/c1-17(2)21-11-10-18(3)14-22(21)24(29)27-16-20(15-19-8-6-5-7-9-19)28-25(30)23(26)12-13-31-4/h5-9,17-18,20-23H,10-16,26H2,1-4H3,(H,27,29)(H,28,30)/t18-,20?,21+,22-,23?/m1/s1. The van der Waals surface area contributed by atoms with E-state index >= 15 is 0 Å². The molecule has 2 amide bonds. The van der Waals surface area contributed by atoms with Crippen molar-refractivity contribution in [1.29, 1.82) is 0 Å². The van der Waals surface area contributed by atoms with Crippen LogP contribution in [0.4, 0.5) is 0 Å². The van der Waals surface area contributed by atoms with Crippen LogP contribution in [0.2, 0.25) is 0 Å². The zero-order valence-electron chi connectivity index (χ0n) is 19.6. The maximum Gasteiger partial charge on any atom is 0.237 e. The van der Waals surface area contributed by atoms with E-state index in [1.165, 1.54) is 6.42 Å². The predicted octanol–water partition coefficient (Wildman–Crippen LogP) is 3.62. The highest BCUT2D eigenvalue weighted by Gasteiger charge is 2.35. The maximum absolute atomic E-state index is 13.1. The van der Waals surface area contributed by atoms with E-state index in [0.717, 1.165) is 24.2 Å². The Labute approximate surface area is 192 Å². The summed E-state index contributed by atoms with van der Waals surface area (Å²) < 4.78 is 0. The summed E-state index contributed by atoms with van der Waals surface area (Å²) in [5.74, 6) is 2.40. The van der Waals surface area contributed by atoms with Crippen molar-refractivity contribution < 1.29 is 9.59 Å². The van der Waals surface area contributed by atoms with Gasteiger partial charge in [0.2, 0.25) is 11.8 Å². The van der Waals surface area contributed by atoms with E-state index in [4.69, 9.17) is 5.73 Å². The van der Waals surface area contributed by atoms with Crippen LogP contribution in [0.1, 0.15) is 52.0 Å². The lowest BCUT2D eigenvalue weighted by molar-refractivity contribution is -0.130. The smallest absolute Gasteiger partial charge is 0.237 e. The van der Waals surface area contributed by atoms with Crippen molar-refractivity contribution in [2.45, 2.75) is 65.0 Å². The number of rotatable bonds is 11. The molecule has 0 spiro atoms. The fourth-order valence-corrected chi connectivity index (χ4v) is 5.11. The summed E-state index contributed by atoms with van der Waals surface area (Å²) in [5.41, 5.74) is 7.20. The van der Waals surface area contributed by atoms with Crippen LogP contribution in [0.15, 0.2) is 30.3 Å². The molecule has 0 heterocycles. The van der Waals surface area contributed by atoms with E-state index in [1.807, 2.05) is 36.6 Å². The molecular weight excluding hydrogens is 406 g/mol. The Balaban J connectivity index is 2.02. The second-order valence-corrected chi connectivity index (χ2v) is 10.4. The maximum atomic E-state index is 13.1. The summed E-state index contributed by atoms with van der Waals surface area (Å²) in [7, 11) is 0. The Kier molecular flexibility index (Phi) is 10.9. The topological polar surface area (TPSA) is 84.2 Å². The molecule has 0 bridgehead atoms. The number of benzene rings is 1. The monoisotopic (exact) mass is 447 g/mol. The van der Waals surface area contributed by atoms with Gasteiger partial charge in [-0.1, -0.05) is 57.5 Å². The van der Waals surface area contributed by atoms with Gasteiger partial charge in [0.25, 0.3) is 0 Å². The van der Waals surface area contributed by atoms with Gasteiger partial charge in [0.1, 0.15) is 0 Å². The van der Waals surface area contributed by atoms with E-state index in [1.54, 1.807) is 11.8 Å². The van der Waals surface area contributed by atoms with Gasteiger partial charge in [0, 0.05) is 12.5 Å². The van der Waals surface area contributed by atoms with Gasteiger partial charge in [-0.3, -0.25) is 9.59 Å². The molecule has 2 rings (SSSR count). The highest BCUT2D eigenvalue weighted by Crippen LogP contribution is 2.38. The van der Waals surface area contributed by atoms with Gasteiger partial charge < -0.3 is 16.4 Å². The van der Waals surface area contributed by atoms with Gasteiger partial charge in [-0.15, -0.1) is 0 Å². The van der Waals surface area contributed by atoms with Gasteiger partial charge in [-0.25, -0.2) is 0 Å². The zero-order chi connectivity index (χ0) is 22.8. The normalized spacial score (nSPS) is 23.2. The molecule has 1 aliphatic carbocycles. The number of carbonyl (C=O) groups excluding carboxylic acids is 2. The van der Waals surface area contributed by atoms with Crippen LogP contribution in [0.25, 0.3) is 0 Å². The number of carbonyl (C=O) groups is 2. The fourth-order valence-electron chi connectivity index (χ4n) is 4.62. The van der Waals surface area contributed by atoms with E-state index in [2.05, 4.69) is 31.4 Å². The first-order valence-corrected chi connectivity index (χ1v) is 13.1. The average Bonchev–Trinajstić information content (AvgIpc) is 2.75. The van der Waals surface area contributed by atoms with Crippen molar-refractivity contribution in [2.24, 2.45) is 29.4 Å². The molecule has 174 valence electrons. The summed E-state index contributed by atoms with van der Waals surface area (Å²) in [5, 5.41) is 6.25. The minimum atomic E-state index is -0.522. The molecule has 6 heteroatoms. The highest BCUT2D eigenvalue weighted by atomic mass is 32.2. The lowest BCUT2D eigenvalue weighted by Gasteiger charge is -2.36. The van der Waals surface area contributed by atoms with Gasteiger partial charge in [0.15, 0.2) is 0 Å². The Morgan fingerprint density at radius 2 is 1.90 bits per heavy atom. The number of amides is 2. The second kappa shape index (κ2) is 13.1. The first-order chi connectivity index (χ1) is 14.8. The van der Waals surface area contributed by atoms with Gasteiger partial charge in [-0.05, 0) is 61.0 Å². The van der Waals surface area contributed by atoms with Crippen LogP contribution in [0.3, 0.4) is 0 Å². The van der Waals surface area contributed by atoms with Crippen LogP contribution in [-0.4, -0.2) is 42.5 Å². The highest BCUT2D eigenvalue weighted by molar-refractivity contribution is 7.98. The first kappa shape index (κ1) is 25.7. The molecule has 5 atom stereocenters. The molecule has 1 aromatic rings. The lowest BCUT2D eigenvalue weighted by Crippen LogP contribution is -2.51. The quantitative estimate of drug-likeness (QED) is 0.484. The van der Waals surface area contributed by atoms with Crippen LogP contribution >= 0.6 is 11.8 Å². The van der Waals surface area contributed by atoms with E-state index < -0.39 is 6.04 Å². The Morgan fingerprint density at radius 1 is 1.19 bits per heavy atom. The van der Waals surface area contributed by atoms with E-state index in [9.17, 15) is 9.59 Å². The molecule has 1 fully saturated rings. The molecule has 31 heavy (non-hydrogen) atoms. The second-order valence-electron chi connectivity index (χ2n) is 9.46. The molecule has 1 aliphatic rings. The van der Waals surface area contributed by atoms with Crippen molar-refractivity contribution in [2.75, 3.05) is 18.6 Å². The third-order valence-corrected chi connectivity index (χ3v) is 7.17. The lowest BCUT2D eigenvalue weighted by atomic mass is 9.70. The molecule has 0 aliphatic heterocycles. The van der Waals surface area contributed by atoms with Crippen molar-refractivity contribution >= 4 is 23.6 Å². The predicted molar refractivity (Wildman–Crippen MR) is 131 cm³/mol. The first-order valence-electron chi connectivity index (χ1n) is 11.7. The van der Waals surface area contributed by atoms with Crippen molar-refractivity contribution in [1.82, 2.24) is 10.6 Å². The SMILES string of the molecule is CSCCC(N)C(=O)NC(CNC(=O)[C@@H]1C[C@H](C)CC[C@H]1C(C)C)Cc1ccccc1. The Hall–Kier alpha value is -1.53. The summed E-state index contributed by atoms with van der Waals surface area (Å²) in [6.45, 7) is 7.10. The third kappa shape index (κ3) is 8.49. The largest absolute Gasteiger partial charge is 0.354 e. The number of thioether (sulfide) groups is 1. The van der Waals surface area contributed by atoms with Crippen LogP contribution < -0.4 is 16.4 Å². The molecule has 5 nitrogen and oxygen atoms in total. The van der Waals surface area contributed by atoms with Crippen LogP contribution in [-0.2, 0) is 16.0 Å². The Bertz CT molecular complexity index is 683. The summed E-state index contributed by atoms with van der Waals surface area (Å²) in [6, 6.07) is 9.36. The molecule has 0 saturated heterocycles. The third-order valence-electron chi connectivity index (χ3n) is 6.52. The Morgan fingerprint density at radius 3 is 2.55 bits per heavy atom. The molecular formula is C25H41N3O2S. The van der Waals surface area contributed by atoms with Gasteiger partial charge in [-0.2, -0.15) is 11.8 Å². The molecule has 1 aromatic carbocycles. The van der Waals surface area contributed by atoms with Crippen LogP contribution in [0, 0.1) is 23.7 Å². The summed E-state index contributed by atoms with van der Waals surface area (Å²) in [4.78, 5) is 25.7. The van der Waals surface area contributed by atoms with Crippen LogP contribution in [0.5, 0.6) is 0 Å². The average molecular weight is 448 g/mol. The molecule has 1 saturated carbocycles. The van der Waals surface area contributed by atoms with E-state index in [0.29, 0.717) is 37.1 Å². The van der Waals surface area contributed by atoms with Crippen molar-refractivity contribution in [3.05, 3.63) is 35.9 Å². The van der Waals surface area contributed by atoms with E-state index in [-0.39, 0.29) is 23.8 Å². The summed E-state index contributed by atoms with van der Waals surface area (Å²) >= 11 is 1.68. The number of nitrogens with one attached hydrogen (secondary N) is 2. The summed E-state index contributed by atoms with van der Waals surface area (Å²) in [6.07, 6.45) is 6.59. The minimum absolute atomic E-state index is 0.0562. The number of hydrogen-bond donors (Lipinski definition) is 3. The van der Waals surface area contributed by atoms with Crippen molar-refractivity contribution in [3.8, 4) is 0 Å². The molecule has 0 radical (unpaired) electrons. The molecule has 4 N–H and O–H groups in total. The molecule has 0 aromatic heterocycles. The number of nitrogens with two attached hydrogens (primary N) is 1. The minimum Gasteiger partial charge on any atom is -0.354 e. The van der Waals surface area contributed by atoms with Crippen molar-refractivity contribution in [3.63, 3.8) is 0 Å². The molecule has 2 unspecified atom stereocenters.